The van der Waals surface area contributed by atoms with Gasteiger partial charge in [-0.3, -0.25) is 0 Å². The molecule has 0 saturated carbocycles. The number of rotatable bonds is 3. The second-order valence-corrected chi connectivity index (χ2v) is 5.04. The van der Waals surface area contributed by atoms with Crippen molar-refractivity contribution in [2.24, 2.45) is 5.73 Å². The molecule has 0 fully saturated rings. The predicted octanol–water partition coefficient (Wildman–Crippen LogP) is 3.70. The van der Waals surface area contributed by atoms with Crippen LogP contribution in [-0.4, -0.2) is 9.78 Å². The lowest BCUT2D eigenvalue weighted by Gasteiger charge is -2.08. The molecule has 0 bridgehead atoms. The minimum absolute atomic E-state index is 0.189. The minimum atomic E-state index is -0.326. The molecule has 0 radical (unpaired) electrons. The normalized spacial score (nSPS) is 12.3. The first-order valence-electron chi connectivity index (χ1n) is 6.80. The van der Waals surface area contributed by atoms with E-state index in [1.165, 1.54) is 6.07 Å². The van der Waals surface area contributed by atoms with Gasteiger partial charge in [0.1, 0.15) is 11.5 Å². The molecule has 0 aliphatic rings. The maximum Gasteiger partial charge on any atom is 0.149 e. The Balaban J connectivity index is 1.97. The lowest BCUT2D eigenvalue weighted by molar-refractivity contribution is 0.606. The Morgan fingerprint density at radius 3 is 2.52 bits per heavy atom. The molecule has 0 aliphatic carbocycles. The van der Waals surface area contributed by atoms with Crippen LogP contribution in [0.3, 0.4) is 0 Å². The van der Waals surface area contributed by atoms with E-state index in [0.717, 1.165) is 16.7 Å². The molecule has 106 valence electrons. The summed E-state index contributed by atoms with van der Waals surface area (Å²) in [5.74, 6) is -0.326. The van der Waals surface area contributed by atoms with Gasteiger partial charge in [-0.05, 0) is 30.2 Å². The number of halogens is 1. The van der Waals surface area contributed by atoms with Gasteiger partial charge in [0.15, 0.2) is 0 Å². The first-order valence-corrected chi connectivity index (χ1v) is 6.80. The maximum absolute atomic E-state index is 14.2. The van der Waals surface area contributed by atoms with Crippen molar-refractivity contribution in [2.45, 2.75) is 13.0 Å². The van der Waals surface area contributed by atoms with Crippen molar-refractivity contribution in [3.63, 3.8) is 0 Å². The van der Waals surface area contributed by atoms with Crippen LogP contribution in [0.15, 0.2) is 60.9 Å². The van der Waals surface area contributed by atoms with E-state index >= 15 is 0 Å². The van der Waals surface area contributed by atoms with Gasteiger partial charge in [-0.25, -0.2) is 9.07 Å². The summed E-state index contributed by atoms with van der Waals surface area (Å²) >= 11 is 0. The van der Waals surface area contributed by atoms with E-state index in [2.05, 4.69) is 5.10 Å². The van der Waals surface area contributed by atoms with Crippen molar-refractivity contribution in [3.8, 4) is 16.8 Å². The number of nitrogens with two attached hydrogens (primary N) is 1. The molecular formula is C17H16FN3. The Labute approximate surface area is 122 Å². The molecule has 3 rings (SSSR count). The van der Waals surface area contributed by atoms with Crippen LogP contribution in [0.4, 0.5) is 4.39 Å². The lowest BCUT2D eigenvalue weighted by Crippen LogP contribution is -2.06. The monoisotopic (exact) mass is 281 g/mol. The summed E-state index contributed by atoms with van der Waals surface area (Å²) in [4.78, 5) is 0. The van der Waals surface area contributed by atoms with Crippen LogP contribution < -0.4 is 5.73 Å². The Morgan fingerprint density at radius 2 is 1.86 bits per heavy atom. The molecule has 1 heterocycles. The highest BCUT2D eigenvalue weighted by Crippen LogP contribution is 2.22. The van der Waals surface area contributed by atoms with Crippen LogP contribution in [0.2, 0.25) is 0 Å². The van der Waals surface area contributed by atoms with Crippen LogP contribution in [0.5, 0.6) is 0 Å². The number of hydrogen-bond donors (Lipinski definition) is 1. The van der Waals surface area contributed by atoms with Gasteiger partial charge in [0, 0.05) is 17.8 Å². The Kier molecular flexibility index (Phi) is 3.54. The van der Waals surface area contributed by atoms with Crippen molar-refractivity contribution in [1.82, 2.24) is 9.78 Å². The molecule has 0 saturated heterocycles. The standard InChI is InChI=1S/C17H16FN3/c1-12(19)14-7-8-17(16(18)9-14)21-11-15(10-20-21)13-5-3-2-4-6-13/h2-12H,19H2,1H3. The SMILES string of the molecule is CC(N)c1ccc(-n2cc(-c3ccccc3)cn2)c(F)c1. The third kappa shape index (κ3) is 2.71. The van der Waals surface area contributed by atoms with Crippen molar-refractivity contribution in [3.05, 3.63) is 72.3 Å². The number of nitrogens with zero attached hydrogens (tertiary/aromatic N) is 2. The molecule has 4 heteroatoms. The number of benzene rings is 2. The van der Waals surface area contributed by atoms with Crippen molar-refractivity contribution < 1.29 is 4.39 Å². The Morgan fingerprint density at radius 1 is 1.10 bits per heavy atom. The van der Waals surface area contributed by atoms with Gasteiger partial charge in [0.25, 0.3) is 0 Å². The Hall–Kier alpha value is -2.46. The minimum Gasteiger partial charge on any atom is -0.324 e. The molecule has 2 aromatic carbocycles. The van der Waals surface area contributed by atoms with Crippen LogP contribution in [0, 0.1) is 5.82 Å². The van der Waals surface area contributed by atoms with E-state index < -0.39 is 0 Å². The highest BCUT2D eigenvalue weighted by atomic mass is 19.1. The maximum atomic E-state index is 14.2. The van der Waals surface area contributed by atoms with Gasteiger partial charge in [-0.15, -0.1) is 0 Å². The smallest absolute Gasteiger partial charge is 0.149 e. The topological polar surface area (TPSA) is 43.8 Å². The van der Waals surface area contributed by atoms with Crippen molar-refractivity contribution >= 4 is 0 Å². The molecule has 3 nitrogen and oxygen atoms in total. The first-order chi connectivity index (χ1) is 10.1. The average molecular weight is 281 g/mol. The second kappa shape index (κ2) is 5.50. The van der Waals surface area contributed by atoms with Gasteiger partial charge in [-0.2, -0.15) is 5.10 Å². The van der Waals surface area contributed by atoms with Crippen LogP contribution in [-0.2, 0) is 0 Å². The van der Waals surface area contributed by atoms with E-state index in [9.17, 15) is 4.39 Å². The first kappa shape index (κ1) is 13.5. The van der Waals surface area contributed by atoms with E-state index in [1.807, 2.05) is 49.5 Å². The summed E-state index contributed by atoms with van der Waals surface area (Å²) in [5.41, 5.74) is 8.95. The zero-order chi connectivity index (χ0) is 14.8. The second-order valence-electron chi connectivity index (χ2n) is 5.04. The van der Waals surface area contributed by atoms with Crippen molar-refractivity contribution in [1.29, 1.82) is 0 Å². The fraction of sp³-hybridized carbons (Fsp3) is 0.118. The third-order valence-corrected chi connectivity index (χ3v) is 3.43. The van der Waals surface area contributed by atoms with Crippen molar-refractivity contribution in [2.75, 3.05) is 0 Å². The third-order valence-electron chi connectivity index (χ3n) is 3.43. The molecule has 21 heavy (non-hydrogen) atoms. The summed E-state index contributed by atoms with van der Waals surface area (Å²) in [6.45, 7) is 1.83. The zero-order valence-electron chi connectivity index (χ0n) is 11.7. The highest BCUT2D eigenvalue weighted by molar-refractivity contribution is 5.62. The molecule has 0 aliphatic heterocycles. The zero-order valence-corrected chi connectivity index (χ0v) is 11.7. The fourth-order valence-corrected chi connectivity index (χ4v) is 2.23. The number of aromatic nitrogens is 2. The Bertz CT molecular complexity index is 748. The quantitative estimate of drug-likeness (QED) is 0.795. The molecule has 1 aromatic heterocycles. The summed E-state index contributed by atoms with van der Waals surface area (Å²) in [6, 6.07) is 14.7. The largest absolute Gasteiger partial charge is 0.324 e. The average Bonchev–Trinajstić information content (AvgIpc) is 2.97. The summed E-state index contributed by atoms with van der Waals surface area (Å²) in [5, 5.41) is 4.24. The summed E-state index contributed by atoms with van der Waals surface area (Å²) in [6.07, 6.45) is 3.55. The molecule has 3 aromatic rings. The van der Waals surface area contributed by atoms with E-state index in [1.54, 1.807) is 16.9 Å². The predicted molar refractivity (Wildman–Crippen MR) is 81.6 cm³/mol. The van der Waals surface area contributed by atoms with Gasteiger partial charge < -0.3 is 5.73 Å². The van der Waals surface area contributed by atoms with Gasteiger partial charge in [-0.1, -0.05) is 36.4 Å². The van der Waals surface area contributed by atoms with Gasteiger partial charge in [0.2, 0.25) is 0 Å². The van der Waals surface area contributed by atoms with E-state index in [4.69, 9.17) is 5.73 Å². The van der Waals surface area contributed by atoms with Crippen LogP contribution >= 0.6 is 0 Å². The van der Waals surface area contributed by atoms with Gasteiger partial charge >= 0.3 is 0 Å². The highest BCUT2D eigenvalue weighted by Gasteiger charge is 2.10. The van der Waals surface area contributed by atoms with Crippen LogP contribution in [0.25, 0.3) is 16.8 Å². The lowest BCUT2D eigenvalue weighted by atomic mass is 10.1. The number of hydrogen-bond acceptors (Lipinski definition) is 2. The summed E-state index contributed by atoms with van der Waals surface area (Å²) < 4.78 is 15.7. The van der Waals surface area contributed by atoms with Gasteiger partial charge in [0.05, 0.1) is 6.20 Å². The fourth-order valence-electron chi connectivity index (χ4n) is 2.23. The molecule has 1 atom stereocenters. The molecule has 2 N–H and O–H groups in total. The van der Waals surface area contributed by atoms with Crippen LogP contribution in [0.1, 0.15) is 18.5 Å². The molecule has 0 amide bonds. The van der Waals surface area contributed by atoms with E-state index in [0.29, 0.717) is 5.69 Å². The molecular weight excluding hydrogens is 265 g/mol. The molecule has 0 spiro atoms. The summed E-state index contributed by atoms with van der Waals surface area (Å²) in [7, 11) is 0. The van der Waals surface area contributed by atoms with E-state index in [-0.39, 0.29) is 11.9 Å². The molecule has 1 unspecified atom stereocenters.